The molecule has 0 fully saturated rings. The van der Waals surface area contributed by atoms with Crippen LogP contribution in [0, 0.1) is 0 Å². The molecule has 3 aromatic rings. The summed E-state index contributed by atoms with van der Waals surface area (Å²) in [6.45, 7) is 0.887. The van der Waals surface area contributed by atoms with E-state index in [4.69, 9.17) is 20.8 Å². The Balaban J connectivity index is 1.67. The van der Waals surface area contributed by atoms with Crippen LogP contribution in [-0.2, 0) is 11.3 Å². The van der Waals surface area contributed by atoms with Gasteiger partial charge in [0.1, 0.15) is 5.75 Å². The summed E-state index contributed by atoms with van der Waals surface area (Å²) in [6, 6.07) is 11.9. The number of halogens is 1. The van der Waals surface area contributed by atoms with Crippen LogP contribution in [0.5, 0.6) is 5.75 Å². The minimum Gasteiger partial charge on any atom is -0.494 e. The number of rotatable bonds is 6. The number of aryl methyl sites for hydroxylation is 1. The standard InChI is InChI=1S/C18H16ClNO5/c1-23-17(21)12-3-8-15-16(11-12)25-18(22)20(15)9-2-10-24-14-6-4-13(19)5-7-14/h3-8,11H,2,9-10H2,1H3. The zero-order valence-corrected chi connectivity index (χ0v) is 14.3. The number of oxazole rings is 1. The summed E-state index contributed by atoms with van der Waals surface area (Å²) >= 11 is 5.82. The minimum atomic E-state index is -0.478. The molecule has 0 amide bonds. The van der Waals surface area contributed by atoms with Crippen molar-refractivity contribution in [3.8, 4) is 5.75 Å². The average molecular weight is 362 g/mol. The number of esters is 1. The molecule has 0 aliphatic carbocycles. The van der Waals surface area contributed by atoms with Crippen LogP contribution in [0.25, 0.3) is 11.1 Å². The number of nitrogens with zero attached hydrogens (tertiary/aromatic N) is 1. The third-order valence-electron chi connectivity index (χ3n) is 3.70. The van der Waals surface area contributed by atoms with Crippen LogP contribution < -0.4 is 10.5 Å². The summed E-state index contributed by atoms with van der Waals surface area (Å²) in [5.41, 5.74) is 1.32. The van der Waals surface area contributed by atoms with Crippen LogP contribution in [0.1, 0.15) is 16.8 Å². The van der Waals surface area contributed by atoms with Crippen molar-refractivity contribution < 1.29 is 18.7 Å². The number of hydrogen-bond acceptors (Lipinski definition) is 5. The van der Waals surface area contributed by atoms with Crippen molar-refractivity contribution in [2.24, 2.45) is 0 Å². The second-order valence-electron chi connectivity index (χ2n) is 5.35. The lowest BCUT2D eigenvalue weighted by Gasteiger charge is -2.06. The molecule has 0 atom stereocenters. The highest BCUT2D eigenvalue weighted by atomic mass is 35.5. The van der Waals surface area contributed by atoms with E-state index in [0.717, 1.165) is 5.75 Å². The molecule has 6 nitrogen and oxygen atoms in total. The first-order valence-corrected chi connectivity index (χ1v) is 8.06. The van der Waals surface area contributed by atoms with Crippen LogP contribution in [0.15, 0.2) is 51.7 Å². The van der Waals surface area contributed by atoms with Crippen LogP contribution in [-0.4, -0.2) is 24.3 Å². The Hall–Kier alpha value is -2.73. The third kappa shape index (κ3) is 3.85. The lowest BCUT2D eigenvalue weighted by atomic mass is 10.2. The van der Waals surface area contributed by atoms with Crippen molar-refractivity contribution in [1.29, 1.82) is 0 Å². The third-order valence-corrected chi connectivity index (χ3v) is 3.95. The summed E-state index contributed by atoms with van der Waals surface area (Å²) in [7, 11) is 1.30. The van der Waals surface area contributed by atoms with E-state index >= 15 is 0 Å². The van der Waals surface area contributed by atoms with Gasteiger partial charge in [0.25, 0.3) is 0 Å². The fourth-order valence-electron chi connectivity index (χ4n) is 2.47. The first-order valence-electron chi connectivity index (χ1n) is 7.68. The van der Waals surface area contributed by atoms with E-state index in [-0.39, 0.29) is 0 Å². The zero-order valence-electron chi connectivity index (χ0n) is 13.5. The first kappa shape index (κ1) is 17.1. The maximum atomic E-state index is 12.0. The molecule has 0 saturated carbocycles. The number of fused-ring (bicyclic) bond motifs is 1. The normalized spacial score (nSPS) is 10.8. The predicted octanol–water partition coefficient (Wildman–Crippen LogP) is 3.50. The van der Waals surface area contributed by atoms with E-state index in [1.54, 1.807) is 36.4 Å². The smallest absolute Gasteiger partial charge is 0.419 e. The maximum absolute atomic E-state index is 12.0. The molecule has 130 valence electrons. The molecule has 7 heteroatoms. The molecule has 25 heavy (non-hydrogen) atoms. The van der Waals surface area contributed by atoms with Gasteiger partial charge in [0.05, 0.1) is 24.8 Å². The summed E-state index contributed by atoms with van der Waals surface area (Å²) in [5, 5.41) is 0.648. The molecule has 2 aromatic carbocycles. The summed E-state index contributed by atoms with van der Waals surface area (Å²) < 4.78 is 17.0. The van der Waals surface area contributed by atoms with Gasteiger partial charge in [-0.25, -0.2) is 9.59 Å². The summed E-state index contributed by atoms with van der Waals surface area (Å²) in [4.78, 5) is 23.6. The number of aromatic nitrogens is 1. The molecule has 0 aliphatic heterocycles. The Bertz CT molecular complexity index is 942. The lowest BCUT2D eigenvalue weighted by molar-refractivity contribution is 0.0601. The van der Waals surface area contributed by atoms with E-state index in [2.05, 4.69) is 4.74 Å². The van der Waals surface area contributed by atoms with E-state index in [0.29, 0.717) is 41.3 Å². The van der Waals surface area contributed by atoms with Crippen molar-refractivity contribution in [1.82, 2.24) is 4.57 Å². The first-order chi connectivity index (χ1) is 12.1. The highest BCUT2D eigenvalue weighted by Gasteiger charge is 2.13. The van der Waals surface area contributed by atoms with Gasteiger partial charge in [0, 0.05) is 11.6 Å². The number of hydrogen-bond donors (Lipinski definition) is 0. The average Bonchev–Trinajstić information content (AvgIpc) is 2.94. The molecule has 0 bridgehead atoms. The summed E-state index contributed by atoms with van der Waals surface area (Å²) in [5.74, 6) is -0.228. The number of carbonyl (C=O) groups is 1. The summed E-state index contributed by atoms with van der Waals surface area (Å²) in [6.07, 6.45) is 0.621. The molecule has 1 aromatic heterocycles. The van der Waals surface area contributed by atoms with Crippen LogP contribution in [0.3, 0.4) is 0 Å². The molecule has 0 spiro atoms. The van der Waals surface area contributed by atoms with E-state index in [1.165, 1.54) is 17.7 Å². The Morgan fingerprint density at radius 1 is 1.20 bits per heavy atom. The van der Waals surface area contributed by atoms with Gasteiger partial charge < -0.3 is 13.9 Å². The molecular formula is C18H16ClNO5. The second kappa shape index (κ2) is 7.44. The maximum Gasteiger partial charge on any atom is 0.419 e. The van der Waals surface area contributed by atoms with Crippen LogP contribution in [0.2, 0.25) is 5.02 Å². The van der Waals surface area contributed by atoms with Gasteiger partial charge in [-0.15, -0.1) is 0 Å². The number of carbonyl (C=O) groups excluding carboxylic acids is 1. The fourth-order valence-corrected chi connectivity index (χ4v) is 2.59. The topological polar surface area (TPSA) is 70.7 Å². The van der Waals surface area contributed by atoms with Crippen molar-refractivity contribution in [2.75, 3.05) is 13.7 Å². The number of benzene rings is 2. The monoisotopic (exact) mass is 361 g/mol. The second-order valence-corrected chi connectivity index (χ2v) is 5.79. The molecule has 0 radical (unpaired) electrons. The molecule has 0 N–H and O–H groups in total. The Morgan fingerprint density at radius 3 is 2.68 bits per heavy atom. The van der Waals surface area contributed by atoms with Crippen molar-refractivity contribution in [3.63, 3.8) is 0 Å². The highest BCUT2D eigenvalue weighted by Crippen LogP contribution is 2.17. The molecule has 3 rings (SSSR count). The van der Waals surface area contributed by atoms with Gasteiger partial charge in [-0.3, -0.25) is 4.57 Å². The fraction of sp³-hybridized carbons (Fsp3) is 0.222. The SMILES string of the molecule is COC(=O)c1ccc2c(c1)oc(=O)n2CCCOc1ccc(Cl)cc1. The Labute approximate surface area is 148 Å². The number of methoxy groups -OCH3 is 1. The number of ether oxygens (including phenoxy) is 2. The highest BCUT2D eigenvalue weighted by molar-refractivity contribution is 6.30. The zero-order chi connectivity index (χ0) is 17.8. The van der Waals surface area contributed by atoms with Gasteiger partial charge in [-0.05, 0) is 48.9 Å². The van der Waals surface area contributed by atoms with Crippen LogP contribution in [0.4, 0.5) is 0 Å². The van der Waals surface area contributed by atoms with E-state index in [9.17, 15) is 9.59 Å². The minimum absolute atomic E-state index is 0.335. The molecule has 0 aliphatic rings. The van der Waals surface area contributed by atoms with Crippen molar-refractivity contribution >= 4 is 28.7 Å². The Kier molecular flexibility index (Phi) is 5.09. The Morgan fingerprint density at radius 2 is 1.96 bits per heavy atom. The lowest BCUT2D eigenvalue weighted by Crippen LogP contribution is -2.15. The van der Waals surface area contributed by atoms with Gasteiger partial charge in [0.15, 0.2) is 5.58 Å². The molecule has 0 unspecified atom stereocenters. The quantitative estimate of drug-likeness (QED) is 0.496. The van der Waals surface area contributed by atoms with Crippen molar-refractivity contribution in [3.05, 3.63) is 63.6 Å². The van der Waals surface area contributed by atoms with Crippen molar-refractivity contribution in [2.45, 2.75) is 13.0 Å². The molecule has 0 saturated heterocycles. The molecular weight excluding hydrogens is 346 g/mol. The van der Waals surface area contributed by atoms with Gasteiger partial charge in [0.2, 0.25) is 0 Å². The van der Waals surface area contributed by atoms with Gasteiger partial charge >= 0.3 is 11.7 Å². The predicted molar refractivity (Wildman–Crippen MR) is 93.4 cm³/mol. The van der Waals surface area contributed by atoms with E-state index < -0.39 is 11.7 Å². The largest absolute Gasteiger partial charge is 0.494 e. The van der Waals surface area contributed by atoms with E-state index in [1.807, 2.05) is 0 Å². The van der Waals surface area contributed by atoms with Gasteiger partial charge in [-0.1, -0.05) is 11.6 Å². The van der Waals surface area contributed by atoms with Crippen LogP contribution >= 0.6 is 11.6 Å². The van der Waals surface area contributed by atoms with Gasteiger partial charge in [-0.2, -0.15) is 0 Å². The molecule has 1 heterocycles.